The molecular weight excluding hydrogens is 449 g/mol. The first-order chi connectivity index (χ1) is 16.4. The van der Waals surface area contributed by atoms with E-state index in [4.69, 9.17) is 9.26 Å². The van der Waals surface area contributed by atoms with Crippen LogP contribution in [0.5, 0.6) is 0 Å². The minimum atomic E-state index is -4.44. The summed E-state index contributed by atoms with van der Waals surface area (Å²) in [5.74, 6) is 0.677. The number of halogens is 3. The zero-order chi connectivity index (χ0) is 24.0. The molecule has 0 N–H and O–H groups in total. The van der Waals surface area contributed by atoms with Crippen LogP contribution in [0.3, 0.4) is 0 Å². The molecule has 7 nitrogen and oxygen atoms in total. The molecule has 0 spiro atoms. The monoisotopic (exact) mass is 480 g/mol. The van der Waals surface area contributed by atoms with Crippen LogP contribution in [0, 0.1) is 5.92 Å². The van der Waals surface area contributed by atoms with Crippen molar-refractivity contribution in [2.45, 2.75) is 44.7 Å². The Balaban J connectivity index is 1.36. The van der Waals surface area contributed by atoms with E-state index in [0.717, 1.165) is 77.1 Å². The summed E-state index contributed by atoms with van der Waals surface area (Å²) >= 11 is 0. The molecule has 1 aromatic carbocycles. The second-order valence-corrected chi connectivity index (χ2v) is 8.95. The summed E-state index contributed by atoms with van der Waals surface area (Å²) in [6, 6.07) is 4.86. The van der Waals surface area contributed by atoms with E-state index in [1.807, 2.05) is 4.90 Å². The van der Waals surface area contributed by atoms with Crippen molar-refractivity contribution in [1.82, 2.24) is 19.9 Å². The molecule has 2 aliphatic rings. The lowest BCUT2D eigenvalue weighted by molar-refractivity contribution is -0.137. The third-order valence-electron chi connectivity index (χ3n) is 6.53. The number of rotatable bonds is 9. The smallest absolute Gasteiger partial charge is 0.379 e. The highest BCUT2D eigenvalue weighted by atomic mass is 19.4. The summed E-state index contributed by atoms with van der Waals surface area (Å²) in [6.45, 7) is 5.34. The van der Waals surface area contributed by atoms with Gasteiger partial charge in [0.05, 0.1) is 18.8 Å². The maximum atomic E-state index is 13.1. The maximum Gasteiger partial charge on any atom is 0.416 e. The highest BCUT2D eigenvalue weighted by Gasteiger charge is 2.31. The standard InChI is InChI=1S/C24H31F3N4O3/c25-24(26,27)20-8-3-7-19(17-20)22-28-21(34-29-22)9-12-31(23(32)18-5-1-2-6-18)11-4-10-30-13-15-33-16-14-30/h3,7-8,17-18H,1-2,4-6,9-16H2. The van der Waals surface area contributed by atoms with Gasteiger partial charge in [0.2, 0.25) is 17.6 Å². The molecule has 1 saturated heterocycles. The molecule has 0 bridgehead atoms. The number of carbonyl (C=O) groups is 1. The quantitative estimate of drug-likeness (QED) is 0.540. The fourth-order valence-corrected chi connectivity index (χ4v) is 4.61. The highest BCUT2D eigenvalue weighted by Crippen LogP contribution is 2.31. The van der Waals surface area contributed by atoms with Crippen LogP contribution in [0.15, 0.2) is 28.8 Å². The number of morpholine rings is 1. The summed E-state index contributed by atoms with van der Waals surface area (Å²) in [6.07, 6.45) is 0.826. The fourth-order valence-electron chi connectivity index (χ4n) is 4.61. The highest BCUT2D eigenvalue weighted by molar-refractivity contribution is 5.79. The van der Waals surface area contributed by atoms with E-state index < -0.39 is 11.7 Å². The van der Waals surface area contributed by atoms with E-state index in [1.54, 1.807) is 0 Å². The minimum Gasteiger partial charge on any atom is -0.379 e. The van der Waals surface area contributed by atoms with Crippen LogP contribution in [0.25, 0.3) is 11.4 Å². The molecule has 0 atom stereocenters. The predicted molar refractivity (Wildman–Crippen MR) is 119 cm³/mol. The number of aromatic nitrogens is 2. The van der Waals surface area contributed by atoms with Gasteiger partial charge in [0.15, 0.2) is 0 Å². The van der Waals surface area contributed by atoms with Crippen LogP contribution in [-0.2, 0) is 22.1 Å². The van der Waals surface area contributed by atoms with Crippen LogP contribution >= 0.6 is 0 Å². The fraction of sp³-hybridized carbons (Fsp3) is 0.625. The van der Waals surface area contributed by atoms with Crippen molar-refractivity contribution in [3.05, 3.63) is 35.7 Å². The SMILES string of the molecule is O=C(C1CCCC1)N(CCCN1CCOCC1)CCc1nc(-c2cccc(C(F)(F)F)c2)no1. The van der Waals surface area contributed by atoms with Crippen molar-refractivity contribution in [2.75, 3.05) is 45.9 Å². The molecule has 186 valence electrons. The number of carbonyl (C=O) groups excluding carboxylic acids is 1. The number of alkyl halides is 3. The molecule has 1 aliphatic carbocycles. The van der Waals surface area contributed by atoms with E-state index in [1.165, 1.54) is 12.1 Å². The Morgan fingerprint density at radius 2 is 1.91 bits per heavy atom. The molecular formula is C24H31F3N4O3. The lowest BCUT2D eigenvalue weighted by atomic mass is 10.1. The first-order valence-electron chi connectivity index (χ1n) is 12.0. The van der Waals surface area contributed by atoms with Crippen LogP contribution in [-0.4, -0.2) is 71.8 Å². The van der Waals surface area contributed by atoms with Crippen LogP contribution in [0.4, 0.5) is 13.2 Å². The van der Waals surface area contributed by atoms with Gasteiger partial charge in [0.25, 0.3) is 0 Å². The van der Waals surface area contributed by atoms with Crippen molar-refractivity contribution < 1.29 is 27.2 Å². The Bertz CT molecular complexity index is 938. The molecule has 1 amide bonds. The largest absolute Gasteiger partial charge is 0.416 e. The summed E-state index contributed by atoms with van der Waals surface area (Å²) in [5.41, 5.74) is -0.515. The van der Waals surface area contributed by atoms with Gasteiger partial charge in [-0.15, -0.1) is 0 Å². The second kappa shape index (κ2) is 11.3. The first-order valence-corrected chi connectivity index (χ1v) is 12.0. The molecule has 4 rings (SSSR count). The van der Waals surface area contributed by atoms with E-state index in [2.05, 4.69) is 15.0 Å². The lowest BCUT2D eigenvalue weighted by Gasteiger charge is -2.29. The van der Waals surface area contributed by atoms with Gasteiger partial charge in [0.1, 0.15) is 0 Å². The van der Waals surface area contributed by atoms with Crippen molar-refractivity contribution >= 4 is 5.91 Å². The summed E-state index contributed by atoms with van der Waals surface area (Å²) in [4.78, 5) is 21.6. The number of amides is 1. The lowest BCUT2D eigenvalue weighted by Crippen LogP contribution is -2.41. The molecule has 10 heteroatoms. The predicted octanol–water partition coefficient (Wildman–Crippen LogP) is 4.04. The summed E-state index contributed by atoms with van der Waals surface area (Å²) in [7, 11) is 0. The molecule has 1 aromatic heterocycles. The Morgan fingerprint density at radius 1 is 1.15 bits per heavy atom. The normalized spacial score (nSPS) is 17.9. The van der Waals surface area contributed by atoms with Crippen molar-refractivity contribution in [3.63, 3.8) is 0 Å². The van der Waals surface area contributed by atoms with Crippen molar-refractivity contribution in [2.24, 2.45) is 5.92 Å². The van der Waals surface area contributed by atoms with Crippen LogP contribution in [0.1, 0.15) is 43.6 Å². The Labute approximate surface area is 197 Å². The Morgan fingerprint density at radius 3 is 2.65 bits per heavy atom. The molecule has 1 aliphatic heterocycles. The molecule has 1 saturated carbocycles. The van der Waals surface area contributed by atoms with Gasteiger partial charge in [-0.1, -0.05) is 30.1 Å². The van der Waals surface area contributed by atoms with Gasteiger partial charge in [-0.3, -0.25) is 9.69 Å². The van der Waals surface area contributed by atoms with Crippen LogP contribution < -0.4 is 0 Å². The summed E-state index contributed by atoms with van der Waals surface area (Å²) < 4.78 is 49.7. The van der Waals surface area contributed by atoms with E-state index in [0.29, 0.717) is 25.4 Å². The van der Waals surface area contributed by atoms with E-state index in [9.17, 15) is 18.0 Å². The summed E-state index contributed by atoms with van der Waals surface area (Å²) in [5, 5.41) is 3.86. The van der Waals surface area contributed by atoms with Gasteiger partial charge in [-0.25, -0.2) is 0 Å². The molecule has 0 unspecified atom stereocenters. The first kappa shape index (κ1) is 24.7. The van der Waals surface area contributed by atoms with Crippen LogP contribution in [0.2, 0.25) is 0 Å². The molecule has 2 aromatic rings. The zero-order valence-electron chi connectivity index (χ0n) is 19.2. The van der Waals surface area contributed by atoms with Crippen molar-refractivity contribution in [3.8, 4) is 11.4 Å². The van der Waals surface area contributed by atoms with Crippen molar-refractivity contribution in [1.29, 1.82) is 0 Å². The van der Waals surface area contributed by atoms with E-state index in [-0.39, 0.29) is 23.2 Å². The average molecular weight is 481 g/mol. The third-order valence-corrected chi connectivity index (χ3v) is 6.53. The topological polar surface area (TPSA) is 71.7 Å². The number of nitrogens with zero attached hydrogens (tertiary/aromatic N) is 4. The van der Waals surface area contributed by atoms with Gasteiger partial charge >= 0.3 is 6.18 Å². The average Bonchev–Trinajstić information content (AvgIpc) is 3.54. The van der Waals surface area contributed by atoms with Gasteiger partial charge in [-0.2, -0.15) is 18.2 Å². The minimum absolute atomic E-state index is 0.0757. The number of hydrogen-bond donors (Lipinski definition) is 0. The van der Waals surface area contributed by atoms with Gasteiger partial charge < -0.3 is 14.2 Å². The number of ether oxygens (including phenoxy) is 1. The Hall–Kier alpha value is -2.46. The number of benzene rings is 1. The van der Waals surface area contributed by atoms with Gasteiger partial charge in [0, 0.05) is 50.6 Å². The second-order valence-electron chi connectivity index (χ2n) is 8.95. The van der Waals surface area contributed by atoms with E-state index >= 15 is 0 Å². The molecule has 2 heterocycles. The number of hydrogen-bond acceptors (Lipinski definition) is 6. The molecule has 0 radical (unpaired) electrons. The molecule has 34 heavy (non-hydrogen) atoms. The maximum absolute atomic E-state index is 13.1. The zero-order valence-corrected chi connectivity index (χ0v) is 19.2. The Kier molecular flexibility index (Phi) is 8.20. The molecule has 2 fully saturated rings. The third kappa shape index (κ3) is 6.56. The van der Waals surface area contributed by atoms with Gasteiger partial charge in [-0.05, 0) is 31.4 Å².